The largest absolute Gasteiger partial charge is 0.376 e. The van der Waals surface area contributed by atoms with Crippen molar-refractivity contribution in [2.24, 2.45) is 27.9 Å². The van der Waals surface area contributed by atoms with E-state index in [9.17, 15) is 19.6 Å². The molecule has 11 nitrogen and oxygen atoms in total. The summed E-state index contributed by atoms with van der Waals surface area (Å²) in [5.74, 6) is -2.55. The third-order valence-electron chi connectivity index (χ3n) is 9.14. The molecule has 2 aromatic heterocycles. The number of hydrogen-bond acceptors (Lipinski definition) is 8. The fourth-order valence-corrected chi connectivity index (χ4v) is 7.12. The van der Waals surface area contributed by atoms with Gasteiger partial charge in [0.05, 0.1) is 37.3 Å². The monoisotopic (exact) mass is 548 g/mol. The maximum absolute atomic E-state index is 14.2. The third kappa shape index (κ3) is 4.12. The first-order chi connectivity index (χ1) is 18.9. The number of rotatable bonds is 6. The third-order valence-corrected chi connectivity index (χ3v) is 9.14. The predicted molar refractivity (Wildman–Crippen MR) is 144 cm³/mol. The predicted octanol–water partition coefficient (Wildman–Crippen LogP) is 1.52. The quantitative estimate of drug-likeness (QED) is 0.549. The molecule has 0 aromatic carbocycles. The number of carbonyl (C=O) groups excluding carboxylic acids is 3. The number of nitriles is 1. The molecule has 5 unspecified atom stereocenters. The molecule has 3 amide bonds. The Morgan fingerprint density at radius 1 is 1.25 bits per heavy atom. The molecule has 3 N–H and O–H groups in total. The highest BCUT2D eigenvalue weighted by Gasteiger charge is 2.83. The molecule has 1 aliphatic carbocycles. The van der Waals surface area contributed by atoms with Gasteiger partial charge < -0.3 is 25.4 Å². The standard InChI is InChI=1S/C29H36N6O5/c1-27(2,3)22(34-25(37)19-15-39-9-10-40-19)26(38)35-14-20-28(4,5)29(20,23(35)24(31)36)18(11-30)17-13-32-12-16-7-6-8-33-21(16)17/h6-8,12-13,18-20,22-23H,9-10,14-15H2,1-5H3,(H2,31,36)(H,34,37)/t18?,19?,20?,22-,23?,29?/m1/s1. The molecular weight excluding hydrogens is 512 g/mol. The van der Waals surface area contributed by atoms with Crippen molar-refractivity contribution in [3.05, 3.63) is 36.3 Å². The summed E-state index contributed by atoms with van der Waals surface area (Å²) in [6.45, 7) is 10.6. The van der Waals surface area contributed by atoms with Crippen LogP contribution < -0.4 is 11.1 Å². The van der Waals surface area contributed by atoms with Crippen molar-refractivity contribution in [1.29, 1.82) is 5.26 Å². The molecule has 2 aliphatic heterocycles. The highest BCUT2D eigenvalue weighted by Crippen LogP contribution is 2.79. The van der Waals surface area contributed by atoms with E-state index in [1.807, 2.05) is 40.7 Å². The lowest BCUT2D eigenvalue weighted by molar-refractivity contribution is -0.154. The number of nitrogens with one attached hydrogen (secondary N) is 1. The van der Waals surface area contributed by atoms with Crippen molar-refractivity contribution in [2.75, 3.05) is 26.4 Å². The Bertz CT molecular complexity index is 1390. The summed E-state index contributed by atoms with van der Waals surface area (Å²) in [5.41, 5.74) is 5.16. The highest BCUT2D eigenvalue weighted by molar-refractivity contribution is 5.95. The van der Waals surface area contributed by atoms with Gasteiger partial charge in [0, 0.05) is 41.5 Å². The number of piperidine rings is 1. The number of ether oxygens (including phenoxy) is 2. The molecule has 1 saturated carbocycles. The molecule has 0 spiro atoms. The smallest absolute Gasteiger partial charge is 0.252 e. The molecule has 2 saturated heterocycles. The van der Waals surface area contributed by atoms with E-state index in [4.69, 9.17) is 15.2 Å². The van der Waals surface area contributed by atoms with Gasteiger partial charge in [-0.1, -0.05) is 34.6 Å². The number of carbonyl (C=O) groups is 3. The van der Waals surface area contributed by atoms with Gasteiger partial charge in [0.1, 0.15) is 12.1 Å². The maximum atomic E-state index is 14.2. The van der Waals surface area contributed by atoms with E-state index >= 15 is 0 Å². The number of fused-ring (bicyclic) bond motifs is 2. The lowest BCUT2D eigenvalue weighted by Crippen LogP contribution is -2.61. The van der Waals surface area contributed by atoms with Gasteiger partial charge >= 0.3 is 0 Å². The molecule has 11 heteroatoms. The summed E-state index contributed by atoms with van der Waals surface area (Å²) < 4.78 is 10.9. The number of primary amides is 1. The van der Waals surface area contributed by atoms with Crippen LogP contribution in [0.4, 0.5) is 0 Å². The Balaban J connectivity index is 1.53. The Morgan fingerprint density at radius 2 is 2.00 bits per heavy atom. The number of aromatic nitrogens is 2. The number of nitrogens with two attached hydrogens (primary N) is 1. The Labute approximate surface area is 233 Å². The second-order valence-electron chi connectivity index (χ2n) is 12.6. The summed E-state index contributed by atoms with van der Waals surface area (Å²) in [4.78, 5) is 50.9. The Morgan fingerprint density at radius 3 is 2.62 bits per heavy atom. The number of nitrogens with zero attached hydrogens (tertiary/aromatic N) is 4. The molecule has 6 atom stereocenters. The van der Waals surface area contributed by atoms with Crippen molar-refractivity contribution >= 4 is 28.6 Å². The molecule has 0 radical (unpaired) electrons. The van der Waals surface area contributed by atoms with Crippen molar-refractivity contribution in [3.8, 4) is 6.07 Å². The van der Waals surface area contributed by atoms with Crippen LogP contribution in [-0.4, -0.2) is 77.1 Å². The van der Waals surface area contributed by atoms with Crippen LogP contribution in [0.25, 0.3) is 10.9 Å². The van der Waals surface area contributed by atoms with Crippen LogP contribution in [0.1, 0.15) is 46.1 Å². The average Bonchev–Trinajstić information content (AvgIpc) is 3.20. The van der Waals surface area contributed by atoms with Crippen LogP contribution in [0, 0.1) is 33.5 Å². The van der Waals surface area contributed by atoms with Crippen LogP contribution >= 0.6 is 0 Å². The second-order valence-corrected chi connectivity index (χ2v) is 12.6. The molecule has 0 bridgehead atoms. The lowest BCUT2D eigenvalue weighted by atomic mass is 9.73. The summed E-state index contributed by atoms with van der Waals surface area (Å²) in [5, 5.41) is 14.2. The summed E-state index contributed by atoms with van der Waals surface area (Å²) in [7, 11) is 0. The first-order valence-electron chi connectivity index (χ1n) is 13.5. The first-order valence-corrected chi connectivity index (χ1v) is 13.5. The van der Waals surface area contributed by atoms with Gasteiger partial charge in [-0.05, 0) is 28.9 Å². The van der Waals surface area contributed by atoms with Crippen LogP contribution in [0.15, 0.2) is 30.7 Å². The van der Waals surface area contributed by atoms with Gasteiger partial charge in [0.15, 0.2) is 6.10 Å². The normalized spacial score (nSPS) is 28.7. The first kappa shape index (κ1) is 27.9. The molecule has 2 aromatic rings. The van der Waals surface area contributed by atoms with Crippen LogP contribution in [0.3, 0.4) is 0 Å². The minimum Gasteiger partial charge on any atom is -0.376 e. The molecule has 212 valence electrons. The van der Waals surface area contributed by atoms with E-state index in [0.29, 0.717) is 17.7 Å². The topological polar surface area (TPSA) is 161 Å². The van der Waals surface area contributed by atoms with Crippen molar-refractivity contribution in [2.45, 2.75) is 58.7 Å². The van der Waals surface area contributed by atoms with E-state index in [0.717, 1.165) is 5.39 Å². The van der Waals surface area contributed by atoms with E-state index in [2.05, 4.69) is 21.4 Å². The zero-order valence-corrected chi connectivity index (χ0v) is 23.5. The summed E-state index contributed by atoms with van der Waals surface area (Å²) in [6.07, 6.45) is 4.13. The number of amides is 3. The second kappa shape index (κ2) is 9.78. The molecule has 3 aliphatic rings. The summed E-state index contributed by atoms with van der Waals surface area (Å²) in [6, 6.07) is 4.07. The van der Waals surface area contributed by atoms with Gasteiger partial charge in [-0.3, -0.25) is 24.4 Å². The Hall–Kier alpha value is -3.62. The maximum Gasteiger partial charge on any atom is 0.252 e. The molecule has 40 heavy (non-hydrogen) atoms. The van der Waals surface area contributed by atoms with E-state index < -0.39 is 58.1 Å². The highest BCUT2D eigenvalue weighted by atomic mass is 16.6. The Kier molecular flexibility index (Phi) is 6.83. The van der Waals surface area contributed by atoms with Crippen LogP contribution in [-0.2, 0) is 23.9 Å². The van der Waals surface area contributed by atoms with Gasteiger partial charge in [-0.25, -0.2) is 0 Å². The lowest BCUT2D eigenvalue weighted by Gasteiger charge is -2.40. The fourth-order valence-electron chi connectivity index (χ4n) is 7.12. The van der Waals surface area contributed by atoms with Crippen molar-refractivity contribution in [1.82, 2.24) is 20.2 Å². The zero-order valence-electron chi connectivity index (χ0n) is 23.5. The van der Waals surface area contributed by atoms with Crippen molar-refractivity contribution < 1.29 is 23.9 Å². The SMILES string of the molecule is CC(C)(C)[C@H](NC(=O)C1COCCO1)C(=O)N1CC2C(C)(C)C2(C(C#N)c2cncc3cccnc23)C1C(N)=O. The number of hydrogen-bond donors (Lipinski definition) is 2. The minimum atomic E-state index is -1.07. The molecule has 5 rings (SSSR count). The average molecular weight is 549 g/mol. The van der Waals surface area contributed by atoms with E-state index in [1.54, 1.807) is 24.7 Å². The molecular formula is C29H36N6O5. The molecule has 4 heterocycles. The van der Waals surface area contributed by atoms with Gasteiger partial charge in [0.25, 0.3) is 5.91 Å². The van der Waals surface area contributed by atoms with E-state index in [1.165, 1.54) is 4.90 Å². The van der Waals surface area contributed by atoms with Crippen LogP contribution in [0.2, 0.25) is 0 Å². The molecule has 3 fully saturated rings. The van der Waals surface area contributed by atoms with Gasteiger partial charge in [-0.2, -0.15) is 5.26 Å². The number of likely N-dealkylation sites (tertiary alicyclic amines) is 1. The van der Waals surface area contributed by atoms with Gasteiger partial charge in [0.2, 0.25) is 11.8 Å². The van der Waals surface area contributed by atoms with Crippen molar-refractivity contribution in [3.63, 3.8) is 0 Å². The number of pyridine rings is 2. The fraction of sp³-hybridized carbons (Fsp3) is 0.586. The van der Waals surface area contributed by atoms with E-state index in [-0.39, 0.29) is 25.7 Å². The van der Waals surface area contributed by atoms with Gasteiger partial charge in [-0.15, -0.1) is 0 Å². The minimum absolute atomic E-state index is 0.0981. The van der Waals surface area contributed by atoms with Crippen LogP contribution in [0.5, 0.6) is 0 Å². The summed E-state index contributed by atoms with van der Waals surface area (Å²) >= 11 is 0. The zero-order chi connectivity index (χ0) is 29.0.